The molecule has 0 saturated carbocycles. The van der Waals surface area contributed by atoms with Crippen molar-refractivity contribution in [1.29, 1.82) is 0 Å². The van der Waals surface area contributed by atoms with E-state index < -0.39 is 19.2 Å². The minimum Gasteiger partial charge on any atom is -0.457 e. The zero-order valence-electron chi connectivity index (χ0n) is 19.8. The molecular weight excluding hydrogens is 435 g/mol. The van der Waals surface area contributed by atoms with Crippen LogP contribution >= 0.6 is 7.60 Å². The van der Waals surface area contributed by atoms with Gasteiger partial charge in [0.1, 0.15) is 5.60 Å². The summed E-state index contributed by atoms with van der Waals surface area (Å²) in [7, 11) is -3.58. The topological polar surface area (TPSA) is 61.8 Å². The normalized spacial score (nSPS) is 12.4. The maximum Gasteiger partial charge on any atom is 0.361 e. The predicted molar refractivity (Wildman–Crippen MR) is 135 cm³/mol. The average Bonchev–Trinajstić information content (AvgIpc) is 2.76. The van der Waals surface area contributed by atoms with Crippen LogP contribution in [-0.4, -0.2) is 24.8 Å². The molecule has 6 heteroatoms. The molecule has 0 spiro atoms. The standard InChI is InChI=1S/C27H31O5P/c1-6-30-33(29,31-7-2)24-18-16-20-12-8-10-14-22(20)26(24)23-15-11-9-13-21(23)17-19-25(28)32-27(3,4)5/h8-19H,6-7H2,1-5H3/b19-17+. The van der Waals surface area contributed by atoms with Crippen molar-refractivity contribution in [3.63, 3.8) is 0 Å². The van der Waals surface area contributed by atoms with Crippen LogP contribution in [0.15, 0.2) is 66.7 Å². The summed E-state index contributed by atoms with van der Waals surface area (Å²) < 4.78 is 30.7. The molecule has 174 valence electrons. The summed E-state index contributed by atoms with van der Waals surface area (Å²) in [6, 6.07) is 19.3. The Hall–Kier alpha value is -2.72. The molecule has 0 saturated heterocycles. The fraction of sp³-hybridized carbons (Fsp3) is 0.296. The molecule has 0 heterocycles. The lowest BCUT2D eigenvalue weighted by Crippen LogP contribution is -2.22. The van der Waals surface area contributed by atoms with Crippen LogP contribution in [0.5, 0.6) is 0 Å². The van der Waals surface area contributed by atoms with E-state index in [1.807, 2.05) is 81.4 Å². The second-order valence-corrected chi connectivity index (χ2v) is 10.5. The third-order valence-electron chi connectivity index (χ3n) is 4.84. The van der Waals surface area contributed by atoms with E-state index >= 15 is 0 Å². The molecule has 0 atom stereocenters. The van der Waals surface area contributed by atoms with Gasteiger partial charge in [-0.3, -0.25) is 4.57 Å². The fourth-order valence-electron chi connectivity index (χ4n) is 3.65. The second kappa shape index (κ2) is 10.5. The van der Waals surface area contributed by atoms with Crippen LogP contribution in [0.2, 0.25) is 0 Å². The van der Waals surface area contributed by atoms with Gasteiger partial charge in [0, 0.05) is 11.6 Å². The lowest BCUT2D eigenvalue weighted by atomic mass is 9.94. The van der Waals surface area contributed by atoms with Gasteiger partial charge in [0.15, 0.2) is 0 Å². The quantitative estimate of drug-likeness (QED) is 0.209. The molecule has 3 aromatic rings. The fourth-order valence-corrected chi connectivity index (χ4v) is 5.46. The van der Waals surface area contributed by atoms with Crippen molar-refractivity contribution in [2.75, 3.05) is 13.2 Å². The van der Waals surface area contributed by atoms with E-state index in [9.17, 15) is 9.36 Å². The Morgan fingerprint density at radius 1 is 0.909 bits per heavy atom. The zero-order valence-corrected chi connectivity index (χ0v) is 20.7. The van der Waals surface area contributed by atoms with Gasteiger partial charge in [-0.05, 0) is 68.7 Å². The summed E-state index contributed by atoms with van der Waals surface area (Å²) in [4.78, 5) is 12.3. The summed E-state index contributed by atoms with van der Waals surface area (Å²) in [5.41, 5.74) is 1.80. The molecule has 0 aromatic heterocycles. The van der Waals surface area contributed by atoms with Crippen LogP contribution in [0.1, 0.15) is 40.2 Å². The number of ether oxygens (including phenoxy) is 1. The lowest BCUT2D eigenvalue weighted by Gasteiger charge is -2.22. The maximum atomic E-state index is 13.9. The third-order valence-corrected chi connectivity index (χ3v) is 7.00. The Morgan fingerprint density at radius 2 is 1.55 bits per heavy atom. The highest BCUT2D eigenvalue weighted by Crippen LogP contribution is 2.50. The molecule has 0 aliphatic rings. The highest BCUT2D eigenvalue weighted by atomic mass is 31.2. The first-order valence-corrected chi connectivity index (χ1v) is 12.6. The summed E-state index contributed by atoms with van der Waals surface area (Å²) in [6.07, 6.45) is 3.14. The monoisotopic (exact) mass is 466 g/mol. The molecular formula is C27H31O5P. The molecule has 0 fully saturated rings. The minimum atomic E-state index is -3.58. The Labute approximate surface area is 195 Å². The number of rotatable bonds is 8. The molecule has 0 amide bonds. The molecule has 0 unspecified atom stereocenters. The van der Waals surface area contributed by atoms with Crippen molar-refractivity contribution in [1.82, 2.24) is 0 Å². The number of benzene rings is 3. The molecule has 33 heavy (non-hydrogen) atoms. The van der Waals surface area contributed by atoms with E-state index in [1.54, 1.807) is 19.9 Å². The molecule has 3 rings (SSSR count). The maximum absolute atomic E-state index is 13.9. The van der Waals surface area contributed by atoms with Crippen molar-refractivity contribution in [2.45, 2.75) is 40.2 Å². The first-order valence-electron chi connectivity index (χ1n) is 11.1. The molecule has 0 bridgehead atoms. The highest BCUT2D eigenvalue weighted by molar-refractivity contribution is 7.62. The van der Waals surface area contributed by atoms with E-state index in [1.165, 1.54) is 6.08 Å². The Morgan fingerprint density at radius 3 is 2.21 bits per heavy atom. The smallest absolute Gasteiger partial charge is 0.361 e. The minimum absolute atomic E-state index is 0.254. The van der Waals surface area contributed by atoms with Gasteiger partial charge in [-0.15, -0.1) is 0 Å². The number of hydrogen-bond donors (Lipinski definition) is 0. The van der Waals surface area contributed by atoms with Crippen LogP contribution in [0.25, 0.3) is 28.0 Å². The van der Waals surface area contributed by atoms with Gasteiger partial charge in [-0.25, -0.2) is 4.79 Å². The van der Waals surface area contributed by atoms with Crippen LogP contribution in [0.4, 0.5) is 0 Å². The van der Waals surface area contributed by atoms with Crippen molar-refractivity contribution in [3.05, 3.63) is 72.3 Å². The number of fused-ring (bicyclic) bond motifs is 1. The van der Waals surface area contributed by atoms with Gasteiger partial charge in [0.25, 0.3) is 0 Å². The zero-order chi connectivity index (χ0) is 24.1. The van der Waals surface area contributed by atoms with E-state index in [0.29, 0.717) is 5.30 Å². The van der Waals surface area contributed by atoms with Gasteiger partial charge in [-0.2, -0.15) is 0 Å². The third kappa shape index (κ3) is 6.00. The summed E-state index contributed by atoms with van der Waals surface area (Å²) >= 11 is 0. The van der Waals surface area contributed by atoms with Crippen LogP contribution in [0.3, 0.4) is 0 Å². The van der Waals surface area contributed by atoms with Crippen molar-refractivity contribution in [3.8, 4) is 11.1 Å². The van der Waals surface area contributed by atoms with Crippen LogP contribution in [0, 0.1) is 0 Å². The van der Waals surface area contributed by atoms with Gasteiger partial charge >= 0.3 is 13.6 Å². The van der Waals surface area contributed by atoms with Gasteiger partial charge < -0.3 is 13.8 Å². The SMILES string of the molecule is CCOP(=O)(OCC)c1ccc2ccccc2c1-c1ccccc1/C=C/C(=O)OC(C)(C)C. The number of carbonyl (C=O) groups excluding carboxylic acids is 1. The molecule has 0 N–H and O–H groups in total. The molecule has 3 aromatic carbocycles. The largest absolute Gasteiger partial charge is 0.457 e. The Bertz CT molecular complexity index is 1200. The van der Waals surface area contributed by atoms with Crippen LogP contribution in [-0.2, 0) is 23.1 Å². The van der Waals surface area contributed by atoms with E-state index in [2.05, 4.69) is 0 Å². The van der Waals surface area contributed by atoms with E-state index in [0.717, 1.165) is 27.5 Å². The Kier molecular flexibility index (Phi) is 7.91. The van der Waals surface area contributed by atoms with Crippen LogP contribution < -0.4 is 5.30 Å². The van der Waals surface area contributed by atoms with E-state index in [4.69, 9.17) is 13.8 Å². The van der Waals surface area contributed by atoms with Gasteiger partial charge in [-0.1, -0.05) is 54.6 Å². The summed E-state index contributed by atoms with van der Waals surface area (Å²) in [6.45, 7) is 9.58. The van der Waals surface area contributed by atoms with Gasteiger partial charge in [0.05, 0.1) is 18.5 Å². The number of hydrogen-bond acceptors (Lipinski definition) is 5. The van der Waals surface area contributed by atoms with Crippen molar-refractivity contribution >= 4 is 35.7 Å². The van der Waals surface area contributed by atoms with E-state index in [-0.39, 0.29) is 13.2 Å². The lowest BCUT2D eigenvalue weighted by molar-refractivity contribution is -0.148. The highest BCUT2D eigenvalue weighted by Gasteiger charge is 2.31. The van der Waals surface area contributed by atoms with Crippen molar-refractivity contribution < 1.29 is 23.1 Å². The Balaban J connectivity index is 2.24. The first kappa shape index (κ1) is 24.9. The molecule has 0 aliphatic carbocycles. The summed E-state index contributed by atoms with van der Waals surface area (Å²) in [5, 5.41) is 2.43. The molecule has 0 radical (unpaired) electrons. The first-order chi connectivity index (χ1) is 15.7. The molecule has 0 aliphatic heterocycles. The molecule has 5 nitrogen and oxygen atoms in total. The number of carbonyl (C=O) groups is 1. The predicted octanol–water partition coefficient (Wildman–Crippen LogP) is 6.75. The van der Waals surface area contributed by atoms with Crippen molar-refractivity contribution in [2.24, 2.45) is 0 Å². The number of esters is 1. The summed E-state index contributed by atoms with van der Waals surface area (Å²) in [5.74, 6) is -0.426. The average molecular weight is 467 g/mol. The second-order valence-electron chi connectivity index (χ2n) is 8.47. The van der Waals surface area contributed by atoms with Gasteiger partial charge in [0.2, 0.25) is 0 Å².